The molecule has 3 nitrogen and oxygen atoms in total. The monoisotopic (exact) mass is 279 g/mol. The van der Waals surface area contributed by atoms with Crippen molar-refractivity contribution in [2.75, 3.05) is 11.9 Å². The van der Waals surface area contributed by atoms with E-state index >= 15 is 0 Å². The first kappa shape index (κ1) is 13.8. The minimum atomic E-state index is 0.881. The maximum atomic E-state index is 4.88. The highest BCUT2D eigenvalue weighted by molar-refractivity contribution is 6.03. The van der Waals surface area contributed by atoms with E-state index in [1.807, 2.05) is 13.0 Å². The molecule has 3 rings (SSSR count). The molecule has 0 spiro atoms. The molecule has 3 aromatic rings. The van der Waals surface area contributed by atoms with Gasteiger partial charge in [0.15, 0.2) is 0 Å². The molecule has 0 aliphatic rings. The van der Waals surface area contributed by atoms with Gasteiger partial charge in [-0.15, -0.1) is 0 Å². The Morgan fingerprint density at radius 2 is 1.67 bits per heavy atom. The van der Waals surface area contributed by atoms with Crippen molar-refractivity contribution in [3.05, 3.63) is 41.6 Å². The van der Waals surface area contributed by atoms with E-state index in [1.165, 1.54) is 10.9 Å². The van der Waals surface area contributed by atoms with Crippen LogP contribution in [0, 0.1) is 6.92 Å². The van der Waals surface area contributed by atoms with Crippen molar-refractivity contribution in [1.82, 2.24) is 9.97 Å². The Kier molecular flexibility index (Phi) is 3.74. The maximum Gasteiger partial charge on any atom is 0.129 e. The predicted molar refractivity (Wildman–Crippen MR) is 89.9 cm³/mol. The van der Waals surface area contributed by atoms with Gasteiger partial charge in [-0.25, -0.2) is 4.98 Å². The van der Waals surface area contributed by atoms with Crippen molar-refractivity contribution in [2.45, 2.75) is 33.6 Å². The lowest BCUT2D eigenvalue weighted by Gasteiger charge is -2.12. The van der Waals surface area contributed by atoms with Crippen molar-refractivity contribution in [3.8, 4) is 0 Å². The molecule has 2 aromatic heterocycles. The average Bonchev–Trinajstić information content (AvgIpc) is 2.48. The molecule has 21 heavy (non-hydrogen) atoms. The van der Waals surface area contributed by atoms with Crippen LogP contribution in [0.5, 0.6) is 0 Å². The van der Waals surface area contributed by atoms with Gasteiger partial charge in [0.2, 0.25) is 0 Å². The van der Waals surface area contributed by atoms with E-state index in [1.54, 1.807) is 0 Å². The largest absolute Gasteiger partial charge is 0.370 e. The molecule has 0 radical (unpaired) electrons. The summed E-state index contributed by atoms with van der Waals surface area (Å²) in [6, 6.07) is 10.7. The number of nitrogens with zero attached hydrogens (tertiary/aromatic N) is 2. The molecule has 0 unspecified atom stereocenters. The normalized spacial score (nSPS) is 11.2. The highest BCUT2D eigenvalue weighted by atomic mass is 15.0. The number of pyridine rings is 2. The topological polar surface area (TPSA) is 37.8 Å². The second-order valence-corrected chi connectivity index (χ2v) is 5.44. The van der Waals surface area contributed by atoms with Gasteiger partial charge in [0.05, 0.1) is 11.0 Å². The van der Waals surface area contributed by atoms with E-state index in [4.69, 9.17) is 9.97 Å². The van der Waals surface area contributed by atoms with E-state index in [2.05, 4.69) is 43.4 Å². The number of anilines is 1. The van der Waals surface area contributed by atoms with E-state index < -0.39 is 0 Å². The van der Waals surface area contributed by atoms with Crippen LogP contribution in [-0.2, 0) is 6.42 Å². The van der Waals surface area contributed by atoms with Gasteiger partial charge in [-0.2, -0.15) is 0 Å². The zero-order valence-corrected chi connectivity index (χ0v) is 12.9. The fourth-order valence-electron chi connectivity index (χ4n) is 2.74. The molecule has 108 valence electrons. The summed E-state index contributed by atoms with van der Waals surface area (Å²) in [6.45, 7) is 7.21. The molecule has 0 aliphatic carbocycles. The lowest BCUT2D eigenvalue weighted by molar-refractivity contribution is 0.916. The van der Waals surface area contributed by atoms with E-state index in [-0.39, 0.29) is 0 Å². The quantitative estimate of drug-likeness (QED) is 0.716. The summed E-state index contributed by atoms with van der Waals surface area (Å²) >= 11 is 0. The van der Waals surface area contributed by atoms with Gasteiger partial charge in [-0.05, 0) is 38.0 Å². The Hall–Kier alpha value is -2.16. The fraction of sp³-hybridized carbons (Fsp3) is 0.333. The first-order valence-corrected chi connectivity index (χ1v) is 7.66. The zero-order chi connectivity index (χ0) is 14.8. The van der Waals surface area contributed by atoms with Crippen LogP contribution >= 0.6 is 0 Å². The lowest BCUT2D eigenvalue weighted by atomic mass is 10.1. The summed E-state index contributed by atoms with van der Waals surface area (Å²) in [7, 11) is 0. The molecule has 1 aromatic carbocycles. The summed E-state index contributed by atoms with van der Waals surface area (Å²) in [5.41, 5.74) is 4.31. The number of hydrogen-bond acceptors (Lipinski definition) is 3. The molecule has 2 heterocycles. The Morgan fingerprint density at radius 1 is 0.952 bits per heavy atom. The molecular formula is C18H21N3. The van der Waals surface area contributed by atoms with Crippen LogP contribution < -0.4 is 5.32 Å². The minimum absolute atomic E-state index is 0.881. The smallest absolute Gasteiger partial charge is 0.129 e. The Labute approximate surface area is 125 Å². The van der Waals surface area contributed by atoms with Crippen LogP contribution in [0.25, 0.3) is 21.8 Å². The molecule has 1 N–H and O–H groups in total. The van der Waals surface area contributed by atoms with E-state index in [0.29, 0.717) is 0 Å². The number of hydrogen-bond donors (Lipinski definition) is 1. The van der Waals surface area contributed by atoms with Crippen molar-refractivity contribution < 1.29 is 0 Å². The molecule has 0 aliphatic heterocycles. The van der Waals surface area contributed by atoms with Crippen molar-refractivity contribution in [1.29, 1.82) is 0 Å². The highest BCUT2D eigenvalue weighted by Crippen LogP contribution is 2.27. The van der Waals surface area contributed by atoms with Crippen LogP contribution in [-0.4, -0.2) is 16.5 Å². The molecule has 0 fully saturated rings. The van der Waals surface area contributed by atoms with Crippen molar-refractivity contribution in [3.63, 3.8) is 0 Å². The van der Waals surface area contributed by atoms with Crippen LogP contribution in [0.1, 0.15) is 31.5 Å². The standard InChI is InChI=1S/C18H21N3/c1-4-6-15-11-14-10-9-13-8-7-12(3)20-16(13)17(14)21-18(15)19-5-2/h7-11H,4-6H2,1-3H3,(H,19,21). The molecule has 3 heteroatoms. The lowest BCUT2D eigenvalue weighted by Crippen LogP contribution is -2.04. The van der Waals surface area contributed by atoms with Crippen molar-refractivity contribution in [2.24, 2.45) is 0 Å². The number of aromatic nitrogens is 2. The Bertz CT molecular complexity index is 793. The first-order valence-electron chi connectivity index (χ1n) is 7.66. The summed E-state index contributed by atoms with van der Waals surface area (Å²) in [6.07, 6.45) is 2.17. The van der Waals surface area contributed by atoms with Crippen LogP contribution in [0.3, 0.4) is 0 Å². The van der Waals surface area contributed by atoms with Gasteiger partial charge in [0.25, 0.3) is 0 Å². The third kappa shape index (κ3) is 2.56. The van der Waals surface area contributed by atoms with Gasteiger partial charge >= 0.3 is 0 Å². The predicted octanol–water partition coefficient (Wildman–Crippen LogP) is 4.48. The summed E-state index contributed by atoms with van der Waals surface area (Å²) in [5.74, 6) is 1.00. The second kappa shape index (κ2) is 5.68. The van der Waals surface area contributed by atoms with Crippen LogP contribution in [0.2, 0.25) is 0 Å². The minimum Gasteiger partial charge on any atom is -0.370 e. The fourth-order valence-corrected chi connectivity index (χ4v) is 2.74. The second-order valence-electron chi connectivity index (χ2n) is 5.44. The number of nitrogens with one attached hydrogen (secondary N) is 1. The van der Waals surface area contributed by atoms with Gasteiger partial charge in [0.1, 0.15) is 5.82 Å². The summed E-state index contributed by atoms with van der Waals surface area (Å²) in [4.78, 5) is 9.57. The van der Waals surface area contributed by atoms with E-state index in [0.717, 1.165) is 47.3 Å². The summed E-state index contributed by atoms with van der Waals surface area (Å²) < 4.78 is 0. The number of fused-ring (bicyclic) bond motifs is 3. The average molecular weight is 279 g/mol. The first-order chi connectivity index (χ1) is 10.2. The molecular weight excluding hydrogens is 258 g/mol. The highest BCUT2D eigenvalue weighted by Gasteiger charge is 2.09. The Balaban J connectivity index is 2.31. The van der Waals surface area contributed by atoms with Gasteiger partial charge in [-0.1, -0.05) is 31.5 Å². The van der Waals surface area contributed by atoms with Gasteiger partial charge in [0, 0.05) is 23.0 Å². The van der Waals surface area contributed by atoms with E-state index in [9.17, 15) is 0 Å². The van der Waals surface area contributed by atoms with Gasteiger partial charge in [-0.3, -0.25) is 4.98 Å². The number of benzene rings is 1. The zero-order valence-electron chi connectivity index (χ0n) is 12.9. The molecule has 0 saturated carbocycles. The third-order valence-corrected chi connectivity index (χ3v) is 3.73. The molecule has 0 saturated heterocycles. The maximum absolute atomic E-state index is 4.88. The van der Waals surface area contributed by atoms with Crippen LogP contribution in [0.4, 0.5) is 5.82 Å². The van der Waals surface area contributed by atoms with Crippen molar-refractivity contribution >= 4 is 27.6 Å². The van der Waals surface area contributed by atoms with Crippen LogP contribution in [0.15, 0.2) is 30.3 Å². The molecule has 0 amide bonds. The molecule has 0 atom stereocenters. The molecule has 0 bridgehead atoms. The number of aryl methyl sites for hydroxylation is 2. The summed E-state index contributed by atoms with van der Waals surface area (Å²) in [5, 5.41) is 5.71. The third-order valence-electron chi connectivity index (χ3n) is 3.73. The number of rotatable bonds is 4. The SMILES string of the molecule is CCCc1cc2ccc3ccc(C)nc3c2nc1NCC. The van der Waals surface area contributed by atoms with Gasteiger partial charge < -0.3 is 5.32 Å². The Morgan fingerprint density at radius 3 is 2.43 bits per heavy atom.